The molecule has 1 spiro atoms. The molecule has 1 aliphatic carbocycles. The van der Waals surface area contributed by atoms with Crippen LogP contribution in [0.3, 0.4) is 0 Å². The van der Waals surface area contributed by atoms with Gasteiger partial charge in [-0.25, -0.2) is 4.79 Å². The second-order valence-corrected chi connectivity index (χ2v) is 5.79. The molecule has 1 saturated heterocycles. The summed E-state index contributed by atoms with van der Waals surface area (Å²) in [6, 6.07) is 0.0404. The molecule has 0 radical (unpaired) electrons. The van der Waals surface area contributed by atoms with E-state index in [0.717, 1.165) is 13.1 Å². The van der Waals surface area contributed by atoms with Gasteiger partial charge in [-0.1, -0.05) is 0 Å². The first-order chi connectivity index (χ1) is 7.33. The minimum Gasteiger partial charge on any atom is -0.444 e. The van der Waals surface area contributed by atoms with Gasteiger partial charge in [-0.2, -0.15) is 0 Å². The summed E-state index contributed by atoms with van der Waals surface area (Å²) in [6.07, 6.45) is -0.0645. The first-order valence-corrected chi connectivity index (χ1v) is 5.72. The van der Waals surface area contributed by atoms with Gasteiger partial charge >= 0.3 is 6.09 Å². The molecule has 0 aromatic carbocycles. The lowest BCUT2D eigenvalue weighted by Crippen LogP contribution is -2.76. The number of carbonyl (C=O) groups is 1. The van der Waals surface area contributed by atoms with Gasteiger partial charge in [-0.15, -0.1) is 0 Å². The molecule has 0 aromatic rings. The number of rotatable bonds is 1. The van der Waals surface area contributed by atoms with Crippen molar-refractivity contribution in [3.63, 3.8) is 0 Å². The monoisotopic (exact) mass is 228 g/mol. The van der Waals surface area contributed by atoms with Gasteiger partial charge < -0.3 is 20.5 Å². The summed E-state index contributed by atoms with van der Waals surface area (Å²) in [6.45, 7) is 7.05. The third-order valence-corrected chi connectivity index (χ3v) is 3.42. The van der Waals surface area contributed by atoms with Crippen molar-refractivity contribution in [1.82, 2.24) is 10.6 Å². The molecule has 2 atom stereocenters. The molecule has 5 heteroatoms. The molecule has 2 unspecified atom stereocenters. The zero-order valence-electron chi connectivity index (χ0n) is 10.0. The number of amides is 1. The zero-order valence-corrected chi connectivity index (χ0v) is 10.0. The lowest BCUT2D eigenvalue weighted by Gasteiger charge is -2.59. The molecule has 5 nitrogen and oxygen atoms in total. The van der Waals surface area contributed by atoms with Gasteiger partial charge in [0.1, 0.15) is 5.60 Å². The smallest absolute Gasteiger partial charge is 0.407 e. The highest BCUT2D eigenvalue weighted by Gasteiger charge is 2.58. The molecule has 0 bridgehead atoms. The van der Waals surface area contributed by atoms with Gasteiger partial charge in [0.05, 0.1) is 6.10 Å². The van der Waals surface area contributed by atoms with E-state index in [9.17, 15) is 9.90 Å². The van der Waals surface area contributed by atoms with Crippen LogP contribution < -0.4 is 10.6 Å². The summed E-state index contributed by atoms with van der Waals surface area (Å²) in [4.78, 5) is 11.6. The number of nitrogens with one attached hydrogen (secondary N) is 2. The molecule has 1 heterocycles. The summed E-state index contributed by atoms with van der Waals surface area (Å²) in [5.41, 5.74) is -0.617. The van der Waals surface area contributed by atoms with Crippen LogP contribution in [0.25, 0.3) is 0 Å². The Kier molecular flexibility index (Phi) is 2.62. The standard InChI is InChI=1S/C11H20N2O3/c1-10(2,3)16-9(15)13-7-4-8(14)11(7)5-12-6-11/h7-8,12,14H,4-6H2,1-3H3,(H,13,15). The average molecular weight is 228 g/mol. The number of aliphatic hydroxyl groups is 1. The Balaban J connectivity index is 1.85. The normalized spacial score (nSPS) is 31.5. The second-order valence-electron chi connectivity index (χ2n) is 5.79. The Morgan fingerprint density at radius 1 is 1.50 bits per heavy atom. The lowest BCUT2D eigenvalue weighted by molar-refractivity contribution is -0.126. The van der Waals surface area contributed by atoms with Gasteiger partial charge in [0.15, 0.2) is 0 Å². The quantitative estimate of drug-likeness (QED) is 0.601. The van der Waals surface area contributed by atoms with Crippen LogP contribution in [0, 0.1) is 5.41 Å². The highest BCUT2D eigenvalue weighted by molar-refractivity contribution is 5.68. The van der Waals surface area contributed by atoms with E-state index in [1.807, 2.05) is 20.8 Å². The lowest BCUT2D eigenvalue weighted by atomic mass is 9.58. The van der Waals surface area contributed by atoms with Gasteiger partial charge in [-0.05, 0) is 27.2 Å². The first-order valence-electron chi connectivity index (χ1n) is 5.72. The molecule has 1 aliphatic heterocycles. The molecule has 2 fully saturated rings. The van der Waals surface area contributed by atoms with Crippen molar-refractivity contribution in [2.75, 3.05) is 13.1 Å². The molecule has 3 N–H and O–H groups in total. The van der Waals surface area contributed by atoms with Crippen LogP contribution in [0.1, 0.15) is 27.2 Å². The van der Waals surface area contributed by atoms with E-state index in [2.05, 4.69) is 10.6 Å². The SMILES string of the molecule is CC(C)(C)OC(=O)NC1CC(O)C12CNC2. The fourth-order valence-electron chi connectivity index (χ4n) is 2.31. The third-order valence-electron chi connectivity index (χ3n) is 3.42. The Morgan fingerprint density at radius 3 is 2.50 bits per heavy atom. The van der Waals surface area contributed by atoms with Crippen molar-refractivity contribution >= 4 is 6.09 Å². The second kappa shape index (κ2) is 3.60. The van der Waals surface area contributed by atoms with Crippen LogP contribution in [0.5, 0.6) is 0 Å². The van der Waals surface area contributed by atoms with E-state index in [-0.39, 0.29) is 17.6 Å². The zero-order chi connectivity index (χ0) is 12.0. The summed E-state index contributed by atoms with van der Waals surface area (Å²) >= 11 is 0. The number of hydrogen-bond donors (Lipinski definition) is 3. The maximum atomic E-state index is 11.6. The van der Waals surface area contributed by atoms with Gasteiger partial charge in [0, 0.05) is 24.5 Å². The fourth-order valence-corrected chi connectivity index (χ4v) is 2.31. The maximum absolute atomic E-state index is 11.6. The van der Waals surface area contributed by atoms with Crippen LogP contribution in [0.2, 0.25) is 0 Å². The molecule has 1 saturated carbocycles. The summed E-state index contributed by atoms with van der Waals surface area (Å²) in [5.74, 6) is 0. The van der Waals surface area contributed by atoms with E-state index in [1.54, 1.807) is 0 Å². The number of aliphatic hydroxyl groups excluding tert-OH is 1. The molecular weight excluding hydrogens is 208 g/mol. The summed E-state index contributed by atoms with van der Waals surface area (Å²) in [7, 11) is 0. The number of alkyl carbamates (subject to hydrolysis) is 1. The van der Waals surface area contributed by atoms with Gasteiger partial charge in [0.2, 0.25) is 0 Å². The maximum Gasteiger partial charge on any atom is 0.407 e. The van der Waals surface area contributed by atoms with E-state index in [0.29, 0.717) is 6.42 Å². The van der Waals surface area contributed by atoms with Gasteiger partial charge in [0.25, 0.3) is 0 Å². The largest absolute Gasteiger partial charge is 0.444 e. The number of hydrogen-bond acceptors (Lipinski definition) is 4. The third kappa shape index (κ3) is 1.89. The molecule has 1 amide bonds. The predicted molar refractivity (Wildman–Crippen MR) is 59.1 cm³/mol. The molecule has 0 aromatic heterocycles. The van der Waals surface area contributed by atoms with Crippen LogP contribution in [0.15, 0.2) is 0 Å². The highest BCUT2D eigenvalue weighted by atomic mass is 16.6. The molecule has 2 rings (SSSR count). The number of ether oxygens (including phenoxy) is 1. The topological polar surface area (TPSA) is 70.6 Å². The summed E-state index contributed by atoms with van der Waals surface area (Å²) < 4.78 is 5.19. The van der Waals surface area contributed by atoms with E-state index < -0.39 is 11.7 Å². The Labute approximate surface area is 95.5 Å². The van der Waals surface area contributed by atoms with E-state index in [4.69, 9.17) is 4.74 Å². The Hall–Kier alpha value is -0.810. The Bertz CT molecular complexity index is 294. The van der Waals surface area contributed by atoms with Crippen molar-refractivity contribution in [3.05, 3.63) is 0 Å². The van der Waals surface area contributed by atoms with Crippen LogP contribution in [-0.2, 0) is 4.74 Å². The fraction of sp³-hybridized carbons (Fsp3) is 0.909. The van der Waals surface area contributed by atoms with Crippen molar-refractivity contribution in [1.29, 1.82) is 0 Å². The van der Waals surface area contributed by atoms with Crippen LogP contribution >= 0.6 is 0 Å². The number of carbonyl (C=O) groups excluding carboxylic acids is 1. The van der Waals surface area contributed by atoms with Crippen molar-refractivity contribution in [2.45, 2.75) is 44.9 Å². The molecule has 92 valence electrons. The van der Waals surface area contributed by atoms with Crippen molar-refractivity contribution < 1.29 is 14.6 Å². The van der Waals surface area contributed by atoms with Crippen molar-refractivity contribution in [2.24, 2.45) is 5.41 Å². The predicted octanol–water partition coefficient (Wildman–Crippen LogP) is 0.234. The Morgan fingerprint density at radius 2 is 2.12 bits per heavy atom. The van der Waals surface area contributed by atoms with Crippen molar-refractivity contribution in [3.8, 4) is 0 Å². The first kappa shape index (κ1) is 11.7. The molecule has 2 aliphatic rings. The van der Waals surface area contributed by atoms with Gasteiger partial charge in [-0.3, -0.25) is 0 Å². The summed E-state index contributed by atoms with van der Waals surface area (Å²) in [5, 5.41) is 15.7. The minimum atomic E-state index is -0.475. The van der Waals surface area contributed by atoms with Crippen LogP contribution in [-0.4, -0.2) is 42.0 Å². The minimum absolute atomic E-state index is 0.0404. The molecular formula is C11H20N2O3. The highest BCUT2D eigenvalue weighted by Crippen LogP contribution is 2.44. The van der Waals surface area contributed by atoms with E-state index in [1.165, 1.54) is 0 Å². The van der Waals surface area contributed by atoms with Crippen LogP contribution in [0.4, 0.5) is 4.79 Å². The molecule has 16 heavy (non-hydrogen) atoms. The average Bonchev–Trinajstić information content (AvgIpc) is 1.95. The van der Waals surface area contributed by atoms with E-state index >= 15 is 0 Å².